The van der Waals surface area contributed by atoms with E-state index in [0.717, 1.165) is 24.8 Å². The van der Waals surface area contributed by atoms with E-state index >= 15 is 0 Å². The van der Waals surface area contributed by atoms with Crippen molar-refractivity contribution in [1.82, 2.24) is 5.32 Å². The van der Waals surface area contributed by atoms with Gasteiger partial charge in [-0.25, -0.2) is 4.79 Å². The first-order valence-electron chi connectivity index (χ1n) is 7.50. The van der Waals surface area contributed by atoms with Crippen LogP contribution < -0.4 is 16.4 Å². The maximum Gasteiger partial charge on any atom is 0.319 e. The molecule has 2 rings (SSSR count). The summed E-state index contributed by atoms with van der Waals surface area (Å²) < 4.78 is 0. The molecular formula is C16H23N3O2. The van der Waals surface area contributed by atoms with Gasteiger partial charge in [-0.15, -0.1) is 0 Å². The van der Waals surface area contributed by atoms with E-state index in [1.807, 2.05) is 12.1 Å². The summed E-state index contributed by atoms with van der Waals surface area (Å²) in [4.78, 5) is 23.2. The Morgan fingerprint density at radius 3 is 2.67 bits per heavy atom. The molecule has 0 radical (unpaired) electrons. The minimum atomic E-state index is -0.412. The monoisotopic (exact) mass is 289 g/mol. The number of hydrogen-bond donors (Lipinski definition) is 3. The zero-order chi connectivity index (χ0) is 15.2. The quantitative estimate of drug-likeness (QED) is 0.795. The highest BCUT2D eigenvalue weighted by molar-refractivity contribution is 5.91. The Labute approximate surface area is 125 Å². The summed E-state index contributed by atoms with van der Waals surface area (Å²) >= 11 is 0. The number of nitrogens with two attached hydrogens (primary N) is 1. The van der Waals surface area contributed by atoms with Gasteiger partial charge in [-0.2, -0.15) is 0 Å². The number of rotatable bonds is 4. The van der Waals surface area contributed by atoms with Gasteiger partial charge in [-0.05, 0) is 30.4 Å². The number of primary amides is 1. The predicted octanol–water partition coefficient (Wildman–Crippen LogP) is 2.41. The summed E-state index contributed by atoms with van der Waals surface area (Å²) in [7, 11) is 0. The van der Waals surface area contributed by atoms with Crippen LogP contribution in [0.1, 0.15) is 38.2 Å². The number of hydrogen-bond acceptors (Lipinski definition) is 2. The van der Waals surface area contributed by atoms with Crippen molar-refractivity contribution in [2.75, 3.05) is 5.32 Å². The molecule has 0 saturated heterocycles. The molecule has 1 aromatic carbocycles. The molecular weight excluding hydrogens is 266 g/mol. The molecule has 1 saturated carbocycles. The minimum Gasteiger partial charge on any atom is -0.369 e. The van der Waals surface area contributed by atoms with Gasteiger partial charge in [0.25, 0.3) is 0 Å². The first-order valence-corrected chi connectivity index (χ1v) is 7.50. The van der Waals surface area contributed by atoms with E-state index in [1.165, 1.54) is 6.42 Å². The number of benzene rings is 1. The minimum absolute atomic E-state index is 0.121. The van der Waals surface area contributed by atoms with Gasteiger partial charge in [0.05, 0.1) is 6.42 Å². The van der Waals surface area contributed by atoms with Crippen LogP contribution in [-0.2, 0) is 11.2 Å². The fourth-order valence-electron chi connectivity index (χ4n) is 2.84. The van der Waals surface area contributed by atoms with Crippen LogP contribution in [0.25, 0.3) is 0 Å². The fourth-order valence-corrected chi connectivity index (χ4v) is 2.84. The van der Waals surface area contributed by atoms with Crippen LogP contribution in [0.2, 0.25) is 0 Å². The maximum atomic E-state index is 12.1. The van der Waals surface area contributed by atoms with Gasteiger partial charge in [-0.1, -0.05) is 38.0 Å². The number of para-hydroxylation sites is 1. The van der Waals surface area contributed by atoms with E-state index < -0.39 is 5.91 Å². The van der Waals surface area contributed by atoms with Gasteiger partial charge in [-0.3, -0.25) is 4.79 Å². The lowest BCUT2D eigenvalue weighted by Gasteiger charge is -2.29. The molecule has 3 amide bonds. The first kappa shape index (κ1) is 15.4. The fraction of sp³-hybridized carbons (Fsp3) is 0.500. The van der Waals surface area contributed by atoms with Crippen LogP contribution >= 0.6 is 0 Å². The van der Waals surface area contributed by atoms with Gasteiger partial charge < -0.3 is 16.4 Å². The summed E-state index contributed by atoms with van der Waals surface area (Å²) in [6.45, 7) is 2.17. The SMILES string of the molecule is C[C@H]1CCCC[C@@H]1NC(=O)Nc1ccccc1CC(N)=O. The molecule has 1 aromatic rings. The second kappa shape index (κ2) is 7.11. The van der Waals surface area contributed by atoms with Crippen LogP contribution in [0.3, 0.4) is 0 Å². The summed E-state index contributed by atoms with van der Waals surface area (Å²) in [6, 6.07) is 7.23. The zero-order valence-electron chi connectivity index (χ0n) is 12.4. The molecule has 0 heterocycles. The first-order chi connectivity index (χ1) is 10.1. The Balaban J connectivity index is 1.97. The molecule has 2 atom stereocenters. The van der Waals surface area contributed by atoms with Crippen molar-refractivity contribution >= 4 is 17.6 Å². The van der Waals surface area contributed by atoms with Crippen molar-refractivity contribution in [3.63, 3.8) is 0 Å². The molecule has 1 aliphatic rings. The Morgan fingerprint density at radius 1 is 1.24 bits per heavy atom. The molecule has 0 unspecified atom stereocenters. The number of amides is 3. The molecule has 0 aromatic heterocycles. The van der Waals surface area contributed by atoms with Crippen molar-refractivity contribution in [3.05, 3.63) is 29.8 Å². The Morgan fingerprint density at radius 2 is 1.95 bits per heavy atom. The zero-order valence-corrected chi connectivity index (χ0v) is 12.4. The average molecular weight is 289 g/mol. The number of anilines is 1. The standard InChI is InChI=1S/C16H23N3O2/c1-11-6-2-4-8-13(11)18-16(21)19-14-9-5-3-7-12(14)10-15(17)20/h3,5,7,9,11,13H,2,4,6,8,10H2,1H3,(H2,17,20)(H2,18,19,21)/t11-,13-/m0/s1. The molecule has 1 fully saturated rings. The van der Waals surface area contributed by atoms with Crippen LogP contribution in [0.5, 0.6) is 0 Å². The number of carbonyl (C=O) groups excluding carboxylic acids is 2. The summed E-state index contributed by atoms with van der Waals surface area (Å²) in [5, 5.41) is 5.86. The second-order valence-electron chi connectivity index (χ2n) is 5.77. The highest BCUT2D eigenvalue weighted by Crippen LogP contribution is 2.24. The normalized spacial score (nSPS) is 21.6. The van der Waals surface area contributed by atoms with Crippen LogP contribution in [-0.4, -0.2) is 18.0 Å². The molecule has 0 aliphatic heterocycles. The van der Waals surface area contributed by atoms with Gasteiger partial charge in [0, 0.05) is 11.7 Å². The second-order valence-corrected chi connectivity index (χ2v) is 5.77. The molecule has 5 heteroatoms. The van der Waals surface area contributed by atoms with E-state index in [1.54, 1.807) is 12.1 Å². The average Bonchev–Trinajstić information content (AvgIpc) is 2.43. The lowest BCUT2D eigenvalue weighted by Crippen LogP contribution is -2.43. The van der Waals surface area contributed by atoms with Crippen molar-refractivity contribution in [3.8, 4) is 0 Å². The van der Waals surface area contributed by atoms with E-state index in [-0.39, 0.29) is 18.5 Å². The van der Waals surface area contributed by atoms with Crippen LogP contribution in [0.4, 0.5) is 10.5 Å². The van der Waals surface area contributed by atoms with Gasteiger partial charge in [0.15, 0.2) is 0 Å². The Hall–Kier alpha value is -2.04. The van der Waals surface area contributed by atoms with Crippen molar-refractivity contribution < 1.29 is 9.59 Å². The maximum absolute atomic E-state index is 12.1. The van der Waals surface area contributed by atoms with Crippen LogP contribution in [0, 0.1) is 5.92 Å². The van der Waals surface area contributed by atoms with E-state index in [9.17, 15) is 9.59 Å². The molecule has 114 valence electrons. The summed E-state index contributed by atoms with van der Waals surface area (Å²) in [6.07, 6.45) is 4.70. The van der Waals surface area contributed by atoms with Gasteiger partial charge in [0.1, 0.15) is 0 Å². The van der Waals surface area contributed by atoms with E-state index in [2.05, 4.69) is 17.6 Å². The van der Waals surface area contributed by atoms with E-state index in [4.69, 9.17) is 5.73 Å². The highest BCUT2D eigenvalue weighted by atomic mass is 16.2. The molecule has 4 N–H and O–H groups in total. The molecule has 0 spiro atoms. The Bertz CT molecular complexity index is 516. The van der Waals surface area contributed by atoms with Gasteiger partial charge in [0.2, 0.25) is 5.91 Å². The van der Waals surface area contributed by atoms with Crippen molar-refractivity contribution in [2.24, 2.45) is 11.7 Å². The molecule has 21 heavy (non-hydrogen) atoms. The topological polar surface area (TPSA) is 84.2 Å². The molecule has 0 bridgehead atoms. The number of carbonyl (C=O) groups is 2. The van der Waals surface area contributed by atoms with Gasteiger partial charge >= 0.3 is 6.03 Å². The summed E-state index contributed by atoms with van der Waals surface area (Å²) in [5.74, 6) is 0.0934. The third-order valence-electron chi connectivity index (χ3n) is 4.06. The number of urea groups is 1. The molecule has 5 nitrogen and oxygen atoms in total. The molecule has 1 aliphatic carbocycles. The van der Waals surface area contributed by atoms with Crippen molar-refractivity contribution in [2.45, 2.75) is 45.1 Å². The predicted molar refractivity (Wildman–Crippen MR) is 82.9 cm³/mol. The summed E-state index contributed by atoms with van der Waals surface area (Å²) in [5.41, 5.74) is 6.59. The highest BCUT2D eigenvalue weighted by Gasteiger charge is 2.22. The third kappa shape index (κ3) is 4.48. The lowest BCUT2D eigenvalue weighted by molar-refractivity contribution is -0.117. The smallest absolute Gasteiger partial charge is 0.319 e. The Kier molecular flexibility index (Phi) is 5.20. The third-order valence-corrected chi connectivity index (χ3v) is 4.06. The lowest BCUT2D eigenvalue weighted by atomic mass is 9.86. The van der Waals surface area contributed by atoms with E-state index in [0.29, 0.717) is 11.6 Å². The van der Waals surface area contributed by atoms with Crippen molar-refractivity contribution in [1.29, 1.82) is 0 Å². The largest absolute Gasteiger partial charge is 0.369 e. The van der Waals surface area contributed by atoms with Crippen LogP contribution in [0.15, 0.2) is 24.3 Å². The number of nitrogens with one attached hydrogen (secondary N) is 2.